The lowest BCUT2D eigenvalue weighted by atomic mass is 9.79. The van der Waals surface area contributed by atoms with Crippen LogP contribution < -0.4 is 4.90 Å². The second kappa shape index (κ2) is 24.0. The monoisotopic (exact) mass is 828 g/mol. The summed E-state index contributed by atoms with van der Waals surface area (Å²) in [5, 5.41) is 10.4. The summed E-state index contributed by atoms with van der Waals surface area (Å²) in [5.74, 6) is -2.82. The van der Waals surface area contributed by atoms with Crippen molar-refractivity contribution < 1.29 is 27.6 Å². The fraction of sp³-hybridized carbons (Fsp3) is 0.511. The quantitative estimate of drug-likeness (QED) is 0.0804. The second-order valence-corrected chi connectivity index (χ2v) is 17.7. The van der Waals surface area contributed by atoms with Crippen molar-refractivity contribution in [2.75, 3.05) is 37.6 Å². The summed E-state index contributed by atoms with van der Waals surface area (Å²) < 4.78 is 48.4. The molecule has 0 heterocycles. The maximum absolute atomic E-state index is 15.8. The molecule has 5 nitrogen and oxygen atoms in total. The Bertz CT molecular complexity index is 1720. The third-order valence-electron chi connectivity index (χ3n) is 10.3. The van der Waals surface area contributed by atoms with E-state index in [1.165, 1.54) is 48.0 Å². The lowest BCUT2D eigenvalue weighted by molar-refractivity contribution is -0.928. The van der Waals surface area contributed by atoms with Gasteiger partial charge >= 0.3 is 5.97 Å². The van der Waals surface area contributed by atoms with Crippen molar-refractivity contribution in [1.82, 2.24) is 4.31 Å². The second-order valence-electron chi connectivity index (χ2n) is 15.5. The van der Waals surface area contributed by atoms with Crippen LogP contribution in [0, 0.1) is 31.3 Å². The van der Waals surface area contributed by atoms with Crippen molar-refractivity contribution in [2.45, 2.75) is 130 Å². The molecule has 0 saturated carbocycles. The minimum atomic E-state index is -0.988. The molecule has 0 aliphatic heterocycles. The van der Waals surface area contributed by atoms with Crippen molar-refractivity contribution in [3.63, 3.8) is 0 Å². The zero-order valence-electron chi connectivity index (χ0n) is 36.5. The summed E-state index contributed by atoms with van der Waals surface area (Å²) in [6.45, 7) is 31.7. The minimum absolute atomic E-state index is 0.0399. The normalized spacial score (nSPS) is 12.6. The van der Waals surface area contributed by atoms with Gasteiger partial charge in [0.25, 0.3) is 0 Å². The number of carboxylic acid groups (broad SMARTS) is 1. The van der Waals surface area contributed by atoms with Crippen LogP contribution in [0.1, 0.15) is 117 Å². The predicted octanol–water partition coefficient (Wildman–Crippen LogP) is 13.4. The standard InChI is InChI=1S/C44H60F3N3O2S2.C3H8/c1-11-23-50(24-12-2,25-13-3)26-15-22-48(33(7)43(51)52)54-38-28-40(46)39(41(47)29-38)30-53-34(8)49(37-20-18-36(45)19-21-37)42(14-4)44(9,10)35-17-16-31(5)32(6)27-35;1-3-2/h14,16-21,27-29,33H,8,11-13,15,22-26,30H2,1-7,9-10H3;3H2,1-2H3/p+1/b42-14-;. The highest BCUT2D eigenvalue weighted by Gasteiger charge is 2.33. The number of benzene rings is 3. The van der Waals surface area contributed by atoms with E-state index < -0.39 is 29.1 Å². The molecule has 0 amide bonds. The van der Waals surface area contributed by atoms with Gasteiger partial charge in [-0.05, 0) is 112 Å². The zero-order chi connectivity index (χ0) is 42.9. The Morgan fingerprint density at radius 1 is 0.877 bits per heavy atom. The molecule has 0 aromatic heterocycles. The van der Waals surface area contributed by atoms with E-state index in [4.69, 9.17) is 0 Å². The van der Waals surface area contributed by atoms with Gasteiger partial charge in [-0.2, -0.15) is 0 Å². The minimum Gasteiger partial charge on any atom is -0.480 e. The molecule has 3 aromatic carbocycles. The molecule has 1 atom stereocenters. The number of nitrogens with zero attached hydrogens (tertiary/aromatic N) is 3. The first-order chi connectivity index (χ1) is 26.9. The number of carbonyl (C=O) groups is 1. The average molecular weight is 829 g/mol. The molecule has 0 aliphatic carbocycles. The molecule has 10 heteroatoms. The number of hydrogen-bond donors (Lipinski definition) is 1. The first-order valence-corrected chi connectivity index (χ1v) is 22.3. The molecule has 1 N–H and O–H groups in total. The van der Waals surface area contributed by atoms with E-state index >= 15 is 8.78 Å². The van der Waals surface area contributed by atoms with Gasteiger partial charge in [0.05, 0.1) is 31.2 Å². The van der Waals surface area contributed by atoms with Crippen molar-refractivity contribution in [3.05, 3.63) is 118 Å². The lowest BCUT2D eigenvalue weighted by Gasteiger charge is -2.39. The number of rotatable bonds is 22. The number of aryl methyl sites for hydroxylation is 2. The lowest BCUT2D eigenvalue weighted by Crippen LogP contribution is -2.51. The van der Waals surface area contributed by atoms with Gasteiger partial charge in [-0.3, -0.25) is 4.79 Å². The molecular weight excluding hydrogens is 760 g/mol. The topological polar surface area (TPSA) is 43.8 Å². The summed E-state index contributed by atoms with van der Waals surface area (Å²) in [5.41, 5.74) is 4.38. The summed E-state index contributed by atoms with van der Waals surface area (Å²) in [4.78, 5) is 14.3. The van der Waals surface area contributed by atoms with Crippen LogP contribution in [0.2, 0.25) is 0 Å². The Balaban J connectivity index is 0.00000362. The van der Waals surface area contributed by atoms with Crippen LogP contribution in [-0.4, -0.2) is 58.6 Å². The highest BCUT2D eigenvalue weighted by Crippen LogP contribution is 2.42. The fourth-order valence-electron chi connectivity index (χ4n) is 7.28. The van der Waals surface area contributed by atoms with Gasteiger partial charge < -0.3 is 14.5 Å². The van der Waals surface area contributed by atoms with Crippen LogP contribution in [0.4, 0.5) is 18.9 Å². The van der Waals surface area contributed by atoms with Gasteiger partial charge in [0.15, 0.2) is 0 Å². The van der Waals surface area contributed by atoms with Crippen molar-refractivity contribution in [1.29, 1.82) is 0 Å². The zero-order valence-corrected chi connectivity index (χ0v) is 38.1. The summed E-state index contributed by atoms with van der Waals surface area (Å²) in [7, 11) is 0. The Morgan fingerprint density at radius 3 is 1.89 bits per heavy atom. The van der Waals surface area contributed by atoms with E-state index in [-0.39, 0.29) is 17.1 Å². The highest BCUT2D eigenvalue weighted by molar-refractivity contribution is 8.02. The molecule has 316 valence electrons. The van der Waals surface area contributed by atoms with Gasteiger partial charge in [-0.1, -0.05) is 85.7 Å². The molecule has 0 radical (unpaired) electrons. The van der Waals surface area contributed by atoms with Crippen LogP contribution in [0.5, 0.6) is 0 Å². The van der Waals surface area contributed by atoms with Gasteiger partial charge in [-0.25, -0.2) is 17.5 Å². The molecule has 3 aromatic rings. The van der Waals surface area contributed by atoms with Gasteiger partial charge in [-0.15, -0.1) is 11.8 Å². The molecular formula is C47H69F3N3O2S2+. The molecule has 0 aliphatic rings. The number of aliphatic carboxylic acids is 1. The van der Waals surface area contributed by atoms with E-state index in [0.717, 1.165) is 85.1 Å². The number of anilines is 1. The van der Waals surface area contributed by atoms with E-state index in [9.17, 15) is 14.3 Å². The van der Waals surface area contributed by atoms with E-state index in [1.54, 1.807) is 23.4 Å². The summed E-state index contributed by atoms with van der Waals surface area (Å²) >= 11 is 2.28. The third kappa shape index (κ3) is 14.3. The summed E-state index contributed by atoms with van der Waals surface area (Å²) in [6.07, 6.45) is 7.24. The first kappa shape index (κ1) is 50.0. The largest absolute Gasteiger partial charge is 0.480 e. The molecule has 0 bridgehead atoms. The van der Waals surface area contributed by atoms with Crippen LogP contribution in [0.15, 0.2) is 82.9 Å². The SMILES string of the molecule is C=C(SCc1c(F)cc(SN(CCC[N+](CCC)(CCC)CCC)C(C)C(=O)O)cc1F)N(/C(=C\C)C(C)(C)c1ccc(C)c(C)c1)c1ccc(F)cc1.CCC. The maximum atomic E-state index is 15.8. The number of thioether (sulfide) groups is 1. The number of halogens is 3. The summed E-state index contributed by atoms with van der Waals surface area (Å²) in [6, 6.07) is 14.2. The number of allylic oxidation sites excluding steroid dienone is 2. The van der Waals surface area contributed by atoms with Crippen LogP contribution in [0.25, 0.3) is 0 Å². The Morgan fingerprint density at radius 2 is 1.42 bits per heavy atom. The third-order valence-corrected chi connectivity index (χ3v) is 12.5. The average Bonchev–Trinajstić information content (AvgIpc) is 3.14. The van der Waals surface area contributed by atoms with Crippen molar-refractivity contribution >= 4 is 35.4 Å². The molecule has 0 spiro atoms. The highest BCUT2D eigenvalue weighted by atomic mass is 32.2. The van der Waals surface area contributed by atoms with E-state index in [2.05, 4.69) is 87.1 Å². The molecule has 0 fully saturated rings. The number of carboxylic acids is 1. The molecule has 3 rings (SSSR count). The van der Waals surface area contributed by atoms with E-state index in [1.807, 2.05) is 17.9 Å². The fourth-order valence-corrected chi connectivity index (χ4v) is 9.25. The Labute approximate surface area is 351 Å². The van der Waals surface area contributed by atoms with E-state index in [0.29, 0.717) is 22.2 Å². The van der Waals surface area contributed by atoms with Crippen molar-refractivity contribution in [2.24, 2.45) is 0 Å². The van der Waals surface area contributed by atoms with Crippen LogP contribution in [-0.2, 0) is 16.0 Å². The van der Waals surface area contributed by atoms with Crippen LogP contribution >= 0.6 is 23.7 Å². The Hall–Kier alpha value is -3.18. The number of quaternary nitrogens is 1. The Kier molecular flexibility index (Phi) is 21.1. The number of hydrogen-bond acceptors (Lipinski definition) is 5. The molecule has 1 unspecified atom stereocenters. The smallest absolute Gasteiger partial charge is 0.321 e. The van der Waals surface area contributed by atoms with Crippen LogP contribution in [0.3, 0.4) is 0 Å². The van der Waals surface area contributed by atoms with Gasteiger partial charge in [0.2, 0.25) is 0 Å². The molecule has 0 saturated heterocycles. The van der Waals surface area contributed by atoms with Gasteiger partial charge in [0, 0.05) is 46.0 Å². The predicted molar refractivity (Wildman–Crippen MR) is 239 cm³/mol. The molecule has 57 heavy (non-hydrogen) atoms. The van der Waals surface area contributed by atoms with Crippen molar-refractivity contribution in [3.8, 4) is 0 Å². The maximum Gasteiger partial charge on any atom is 0.321 e. The van der Waals surface area contributed by atoms with Gasteiger partial charge in [0.1, 0.15) is 23.5 Å². The first-order valence-electron chi connectivity index (χ1n) is 20.6.